The topological polar surface area (TPSA) is 112 Å². The average Bonchev–Trinajstić information content (AvgIpc) is 3.18. The molecular formula is C22H22N4O4S. The number of ether oxygens (including phenoxy) is 1. The zero-order chi connectivity index (χ0) is 22.0. The van der Waals surface area contributed by atoms with Crippen LogP contribution in [0, 0.1) is 11.3 Å². The van der Waals surface area contributed by atoms with E-state index < -0.39 is 23.8 Å². The fourth-order valence-corrected chi connectivity index (χ4v) is 4.70. The Balaban J connectivity index is 1.44. The lowest BCUT2D eigenvalue weighted by atomic mass is 10.1. The summed E-state index contributed by atoms with van der Waals surface area (Å²) in [4.78, 5) is 39.6. The van der Waals surface area contributed by atoms with Gasteiger partial charge in [0.05, 0.1) is 17.3 Å². The molecule has 31 heavy (non-hydrogen) atoms. The van der Waals surface area contributed by atoms with Crippen molar-refractivity contribution in [2.45, 2.75) is 25.0 Å². The Hall–Kier alpha value is -3.06. The van der Waals surface area contributed by atoms with E-state index >= 15 is 0 Å². The molecule has 2 amide bonds. The van der Waals surface area contributed by atoms with Crippen LogP contribution in [-0.4, -0.2) is 56.5 Å². The van der Waals surface area contributed by atoms with Gasteiger partial charge in [0.15, 0.2) is 0 Å². The summed E-state index contributed by atoms with van der Waals surface area (Å²) in [6.07, 6.45) is 0.644. The zero-order valence-corrected chi connectivity index (χ0v) is 17.8. The van der Waals surface area contributed by atoms with E-state index in [1.54, 1.807) is 13.1 Å². The maximum atomic E-state index is 12.4. The van der Waals surface area contributed by atoms with Crippen molar-refractivity contribution in [3.8, 4) is 16.5 Å². The fourth-order valence-electron chi connectivity index (χ4n) is 3.65. The number of anilines is 1. The van der Waals surface area contributed by atoms with Gasteiger partial charge < -0.3 is 20.3 Å². The maximum absolute atomic E-state index is 12.4. The summed E-state index contributed by atoms with van der Waals surface area (Å²) < 4.78 is 5.55. The number of thiophene rings is 1. The minimum Gasteiger partial charge on any atom is -0.367 e. The van der Waals surface area contributed by atoms with Crippen LogP contribution in [0.3, 0.4) is 0 Å². The first kappa shape index (κ1) is 21.2. The van der Waals surface area contributed by atoms with Crippen LogP contribution in [0.4, 0.5) is 5.69 Å². The molecule has 2 atom stereocenters. The SMILES string of the molecule is CN1C(=O)C(=O)c2ccc(-c3ccc(C[C@@H](C#N)NC(=O)[C@@H]4CNCCCO4)s3)cc21. The fraction of sp³-hybridized carbons (Fsp3) is 0.364. The summed E-state index contributed by atoms with van der Waals surface area (Å²) in [6, 6.07) is 10.7. The molecular weight excluding hydrogens is 416 g/mol. The number of likely N-dealkylation sites (N-methyl/N-ethyl adjacent to an activating group) is 1. The lowest BCUT2D eigenvalue weighted by Gasteiger charge is -2.17. The Morgan fingerprint density at radius 3 is 3.03 bits per heavy atom. The van der Waals surface area contributed by atoms with Gasteiger partial charge in [0.25, 0.3) is 17.6 Å². The first-order valence-corrected chi connectivity index (χ1v) is 10.9. The minimum absolute atomic E-state index is 0.284. The summed E-state index contributed by atoms with van der Waals surface area (Å²) in [6.45, 7) is 1.76. The number of carbonyl (C=O) groups excluding carboxylic acids is 3. The molecule has 1 fully saturated rings. The van der Waals surface area contributed by atoms with Crippen molar-refractivity contribution in [3.05, 3.63) is 40.8 Å². The first-order chi connectivity index (χ1) is 15.0. The third-order valence-corrected chi connectivity index (χ3v) is 6.52. The van der Waals surface area contributed by atoms with Gasteiger partial charge in [-0.3, -0.25) is 14.4 Å². The van der Waals surface area contributed by atoms with Crippen LogP contribution in [-0.2, 0) is 20.7 Å². The average molecular weight is 439 g/mol. The Bertz CT molecular complexity index is 1070. The van der Waals surface area contributed by atoms with E-state index in [4.69, 9.17) is 4.74 Å². The molecule has 4 rings (SSSR count). The van der Waals surface area contributed by atoms with E-state index in [1.807, 2.05) is 24.3 Å². The van der Waals surface area contributed by atoms with Gasteiger partial charge in [0.2, 0.25) is 0 Å². The molecule has 0 unspecified atom stereocenters. The molecule has 1 aromatic heterocycles. The second-order valence-corrected chi connectivity index (χ2v) is 8.67. The van der Waals surface area contributed by atoms with Crippen LogP contribution < -0.4 is 15.5 Å². The van der Waals surface area contributed by atoms with Gasteiger partial charge in [-0.1, -0.05) is 6.07 Å². The molecule has 0 spiro atoms. The lowest BCUT2D eigenvalue weighted by Crippen LogP contribution is -2.46. The zero-order valence-electron chi connectivity index (χ0n) is 17.0. The summed E-state index contributed by atoms with van der Waals surface area (Å²) in [5, 5.41) is 15.4. The lowest BCUT2D eigenvalue weighted by molar-refractivity contribution is -0.132. The van der Waals surface area contributed by atoms with Gasteiger partial charge >= 0.3 is 0 Å². The number of carbonyl (C=O) groups is 3. The molecule has 2 N–H and O–H groups in total. The molecule has 0 saturated carbocycles. The van der Waals surface area contributed by atoms with Crippen molar-refractivity contribution in [2.75, 3.05) is 31.6 Å². The third kappa shape index (κ3) is 4.37. The molecule has 0 bridgehead atoms. The van der Waals surface area contributed by atoms with E-state index in [2.05, 4.69) is 16.7 Å². The van der Waals surface area contributed by atoms with Crippen molar-refractivity contribution in [3.63, 3.8) is 0 Å². The summed E-state index contributed by atoms with van der Waals surface area (Å²) in [5.74, 6) is -1.30. The number of benzene rings is 1. The van der Waals surface area contributed by atoms with Gasteiger partial charge in [0, 0.05) is 36.4 Å². The van der Waals surface area contributed by atoms with Gasteiger partial charge in [-0.05, 0) is 42.8 Å². The van der Waals surface area contributed by atoms with Crippen molar-refractivity contribution in [1.29, 1.82) is 5.26 Å². The van der Waals surface area contributed by atoms with Crippen LogP contribution in [0.15, 0.2) is 30.3 Å². The Morgan fingerprint density at radius 2 is 2.23 bits per heavy atom. The largest absolute Gasteiger partial charge is 0.367 e. The predicted molar refractivity (Wildman–Crippen MR) is 116 cm³/mol. The van der Waals surface area contributed by atoms with E-state index in [0.29, 0.717) is 30.8 Å². The van der Waals surface area contributed by atoms with Crippen molar-refractivity contribution < 1.29 is 19.1 Å². The highest BCUT2D eigenvalue weighted by Gasteiger charge is 2.33. The number of rotatable bonds is 5. The van der Waals surface area contributed by atoms with Gasteiger partial charge in [-0.15, -0.1) is 11.3 Å². The molecule has 2 aromatic rings. The molecule has 2 aliphatic rings. The summed E-state index contributed by atoms with van der Waals surface area (Å²) >= 11 is 1.51. The molecule has 0 aliphatic carbocycles. The minimum atomic E-state index is -0.660. The summed E-state index contributed by atoms with van der Waals surface area (Å²) in [7, 11) is 1.59. The summed E-state index contributed by atoms with van der Waals surface area (Å²) in [5.41, 5.74) is 1.90. The van der Waals surface area contributed by atoms with Crippen molar-refractivity contribution in [1.82, 2.24) is 10.6 Å². The maximum Gasteiger partial charge on any atom is 0.299 e. The monoisotopic (exact) mass is 438 g/mol. The number of hydrogen-bond acceptors (Lipinski definition) is 7. The highest BCUT2D eigenvalue weighted by molar-refractivity contribution is 7.15. The molecule has 9 heteroatoms. The molecule has 8 nitrogen and oxygen atoms in total. The Morgan fingerprint density at radius 1 is 1.39 bits per heavy atom. The van der Waals surface area contributed by atoms with Gasteiger partial charge in [-0.25, -0.2) is 0 Å². The van der Waals surface area contributed by atoms with Crippen LogP contribution in [0.5, 0.6) is 0 Å². The quantitative estimate of drug-likeness (QED) is 0.685. The normalized spacial score (nSPS) is 19.5. The van der Waals surface area contributed by atoms with Crippen LogP contribution in [0.25, 0.3) is 10.4 Å². The van der Waals surface area contributed by atoms with E-state index in [9.17, 15) is 19.6 Å². The van der Waals surface area contributed by atoms with Crippen molar-refractivity contribution in [2.24, 2.45) is 0 Å². The standard InChI is InChI=1S/C22H22N4O4S/c1-26-17-9-13(3-5-16(17)20(27)22(26)29)19-6-4-15(31-19)10-14(11-23)25-21(28)18-12-24-7-2-8-30-18/h3-6,9,14,18,24H,2,7-8,10,12H2,1H3,(H,25,28)/t14-,18-/m0/s1. The van der Waals surface area contributed by atoms with Crippen molar-refractivity contribution >= 4 is 34.6 Å². The smallest absolute Gasteiger partial charge is 0.299 e. The van der Waals surface area contributed by atoms with Gasteiger partial charge in [0.1, 0.15) is 12.1 Å². The number of Topliss-reactive ketones (excluding diaryl/α,β-unsaturated/α-hetero) is 1. The van der Waals surface area contributed by atoms with Crippen LogP contribution >= 0.6 is 11.3 Å². The molecule has 0 radical (unpaired) electrons. The Kier molecular flexibility index (Phi) is 6.13. The van der Waals surface area contributed by atoms with E-state index in [0.717, 1.165) is 28.3 Å². The molecule has 2 aliphatic heterocycles. The molecule has 1 saturated heterocycles. The number of ketones is 1. The highest BCUT2D eigenvalue weighted by Crippen LogP contribution is 2.35. The molecule has 1 aromatic carbocycles. The van der Waals surface area contributed by atoms with Crippen LogP contribution in [0.1, 0.15) is 21.7 Å². The highest BCUT2D eigenvalue weighted by atomic mass is 32.1. The number of nitrogens with one attached hydrogen (secondary N) is 2. The Labute approximate surface area is 183 Å². The third-order valence-electron chi connectivity index (χ3n) is 5.37. The van der Waals surface area contributed by atoms with Gasteiger partial charge in [-0.2, -0.15) is 5.26 Å². The number of nitrogens with zero attached hydrogens (tertiary/aromatic N) is 2. The van der Waals surface area contributed by atoms with Crippen LogP contribution in [0.2, 0.25) is 0 Å². The predicted octanol–water partition coefficient (Wildman–Crippen LogP) is 1.50. The molecule has 3 heterocycles. The number of amides is 2. The van der Waals surface area contributed by atoms with E-state index in [-0.39, 0.29) is 5.91 Å². The second-order valence-electron chi connectivity index (χ2n) is 7.50. The number of fused-ring (bicyclic) bond motifs is 1. The number of nitriles is 1. The second kappa shape index (κ2) is 8.98. The molecule has 160 valence electrons. The first-order valence-electron chi connectivity index (χ1n) is 10.1. The van der Waals surface area contributed by atoms with E-state index in [1.165, 1.54) is 16.2 Å². The number of hydrogen-bond donors (Lipinski definition) is 2.